The normalized spacial score (nSPS) is 12.4. The molecular weight excluding hydrogens is 280 g/mol. The van der Waals surface area contributed by atoms with Crippen LogP contribution in [0.2, 0.25) is 0 Å². The summed E-state index contributed by atoms with van der Waals surface area (Å²) in [6.07, 6.45) is 2.05. The smallest absolute Gasteiger partial charge is 0.121 e. The van der Waals surface area contributed by atoms with E-state index in [0.29, 0.717) is 6.04 Å². The molecule has 1 atom stereocenters. The minimum atomic E-state index is 0.302. The Labute approximate surface area is 131 Å². The van der Waals surface area contributed by atoms with Gasteiger partial charge in [0, 0.05) is 17.8 Å². The molecule has 2 rings (SSSR count). The summed E-state index contributed by atoms with van der Waals surface area (Å²) in [6, 6.07) is 6.72. The molecule has 0 aliphatic heterocycles. The summed E-state index contributed by atoms with van der Waals surface area (Å²) in [7, 11) is 1.72. The largest absolute Gasteiger partial charge is 0.496 e. The van der Waals surface area contributed by atoms with Gasteiger partial charge in [0.15, 0.2) is 0 Å². The van der Waals surface area contributed by atoms with Crippen LogP contribution in [-0.2, 0) is 6.42 Å². The topological polar surface area (TPSA) is 34.2 Å². The fourth-order valence-corrected chi connectivity index (χ4v) is 3.08. The zero-order valence-corrected chi connectivity index (χ0v) is 14.1. The first-order valence-electron chi connectivity index (χ1n) is 7.43. The van der Waals surface area contributed by atoms with Crippen LogP contribution in [0, 0.1) is 13.8 Å². The first-order chi connectivity index (χ1) is 10.1. The standard InChI is InChI=1S/C17H24N2OS/c1-5-8-18-16(10-15-11-21-13(3)19-15)14-6-7-17(20-4)12(2)9-14/h6-7,9,11,16,18H,5,8,10H2,1-4H3. The van der Waals surface area contributed by atoms with Gasteiger partial charge in [0.05, 0.1) is 17.8 Å². The van der Waals surface area contributed by atoms with E-state index in [2.05, 4.69) is 54.7 Å². The van der Waals surface area contributed by atoms with E-state index in [1.807, 2.05) is 0 Å². The van der Waals surface area contributed by atoms with Crippen molar-refractivity contribution in [2.45, 2.75) is 39.7 Å². The van der Waals surface area contributed by atoms with Gasteiger partial charge in [-0.05, 0) is 44.0 Å². The van der Waals surface area contributed by atoms with E-state index in [4.69, 9.17) is 4.74 Å². The molecule has 3 nitrogen and oxygen atoms in total. The van der Waals surface area contributed by atoms with Crippen LogP contribution in [0.5, 0.6) is 5.75 Å². The Morgan fingerprint density at radius 1 is 1.33 bits per heavy atom. The molecule has 1 aromatic carbocycles. The molecule has 114 valence electrons. The molecule has 2 aromatic rings. The summed E-state index contributed by atoms with van der Waals surface area (Å²) >= 11 is 1.72. The van der Waals surface area contributed by atoms with Crippen LogP contribution >= 0.6 is 11.3 Å². The van der Waals surface area contributed by atoms with Gasteiger partial charge in [0.1, 0.15) is 5.75 Å². The number of methoxy groups -OCH3 is 1. The van der Waals surface area contributed by atoms with Gasteiger partial charge in [-0.3, -0.25) is 0 Å². The van der Waals surface area contributed by atoms with Crippen LogP contribution in [0.4, 0.5) is 0 Å². The first-order valence-corrected chi connectivity index (χ1v) is 8.31. The van der Waals surface area contributed by atoms with E-state index in [1.54, 1.807) is 18.4 Å². The number of ether oxygens (including phenoxy) is 1. The van der Waals surface area contributed by atoms with Crippen molar-refractivity contribution in [3.63, 3.8) is 0 Å². The predicted octanol–water partition coefficient (Wildman–Crippen LogP) is 4.05. The molecule has 0 radical (unpaired) electrons. The number of rotatable bonds is 7. The van der Waals surface area contributed by atoms with Gasteiger partial charge in [-0.25, -0.2) is 4.98 Å². The summed E-state index contributed by atoms with van der Waals surface area (Å²) in [4.78, 5) is 4.59. The third kappa shape index (κ3) is 4.29. The minimum Gasteiger partial charge on any atom is -0.496 e. The Bertz CT molecular complexity index is 580. The lowest BCUT2D eigenvalue weighted by Gasteiger charge is -2.19. The lowest BCUT2D eigenvalue weighted by Crippen LogP contribution is -2.24. The Morgan fingerprint density at radius 3 is 2.71 bits per heavy atom. The highest BCUT2D eigenvalue weighted by atomic mass is 32.1. The number of nitrogens with zero attached hydrogens (tertiary/aromatic N) is 1. The van der Waals surface area contributed by atoms with Crippen molar-refractivity contribution in [1.82, 2.24) is 10.3 Å². The highest BCUT2D eigenvalue weighted by molar-refractivity contribution is 7.09. The molecule has 4 heteroatoms. The fourth-order valence-electron chi connectivity index (χ4n) is 2.46. The van der Waals surface area contributed by atoms with Crippen molar-refractivity contribution in [3.05, 3.63) is 45.4 Å². The Balaban J connectivity index is 2.20. The van der Waals surface area contributed by atoms with Crippen LogP contribution in [0.25, 0.3) is 0 Å². The predicted molar refractivity (Wildman–Crippen MR) is 89.3 cm³/mol. The summed E-state index contributed by atoms with van der Waals surface area (Å²) in [5.41, 5.74) is 3.64. The number of hydrogen-bond donors (Lipinski definition) is 1. The molecule has 0 saturated heterocycles. The van der Waals surface area contributed by atoms with Crippen LogP contribution in [-0.4, -0.2) is 18.6 Å². The second-order valence-corrected chi connectivity index (χ2v) is 6.36. The molecule has 1 N–H and O–H groups in total. The van der Waals surface area contributed by atoms with Gasteiger partial charge >= 0.3 is 0 Å². The summed E-state index contributed by atoms with van der Waals surface area (Å²) in [6.45, 7) is 7.35. The zero-order chi connectivity index (χ0) is 15.2. The van der Waals surface area contributed by atoms with Crippen LogP contribution in [0.3, 0.4) is 0 Å². The van der Waals surface area contributed by atoms with Crippen molar-refractivity contribution in [2.75, 3.05) is 13.7 Å². The van der Waals surface area contributed by atoms with Gasteiger partial charge in [-0.2, -0.15) is 0 Å². The molecule has 21 heavy (non-hydrogen) atoms. The molecule has 1 unspecified atom stereocenters. The Kier molecular flexibility index (Phi) is 5.76. The molecule has 0 spiro atoms. The molecule has 0 saturated carbocycles. The average Bonchev–Trinajstić information content (AvgIpc) is 2.88. The van der Waals surface area contributed by atoms with Gasteiger partial charge in [-0.1, -0.05) is 19.1 Å². The minimum absolute atomic E-state index is 0.302. The molecule has 0 bridgehead atoms. The van der Waals surface area contributed by atoms with Crippen molar-refractivity contribution in [2.24, 2.45) is 0 Å². The lowest BCUT2D eigenvalue weighted by atomic mass is 10.00. The SMILES string of the molecule is CCCNC(Cc1csc(C)n1)c1ccc(OC)c(C)c1. The molecule has 0 aliphatic carbocycles. The molecule has 0 fully saturated rings. The highest BCUT2D eigenvalue weighted by Gasteiger charge is 2.14. The molecule has 1 heterocycles. The molecule has 0 aliphatic rings. The van der Waals surface area contributed by atoms with E-state index >= 15 is 0 Å². The number of hydrogen-bond acceptors (Lipinski definition) is 4. The number of nitrogens with one attached hydrogen (secondary N) is 1. The van der Waals surface area contributed by atoms with Gasteiger partial charge < -0.3 is 10.1 Å². The maximum atomic E-state index is 5.35. The summed E-state index contributed by atoms with van der Waals surface area (Å²) in [5.74, 6) is 0.942. The Hall–Kier alpha value is -1.39. The maximum absolute atomic E-state index is 5.35. The lowest BCUT2D eigenvalue weighted by molar-refractivity contribution is 0.411. The first kappa shape index (κ1) is 16.0. The molecule has 1 aromatic heterocycles. The number of benzene rings is 1. The second kappa shape index (κ2) is 7.57. The van der Waals surface area contributed by atoms with Crippen LogP contribution in [0.1, 0.15) is 41.2 Å². The van der Waals surface area contributed by atoms with E-state index in [1.165, 1.54) is 16.8 Å². The number of aryl methyl sites for hydroxylation is 2. The van der Waals surface area contributed by atoms with Crippen molar-refractivity contribution in [1.29, 1.82) is 0 Å². The Morgan fingerprint density at radius 2 is 2.14 bits per heavy atom. The van der Waals surface area contributed by atoms with Crippen LogP contribution in [0.15, 0.2) is 23.6 Å². The van der Waals surface area contributed by atoms with E-state index in [-0.39, 0.29) is 0 Å². The monoisotopic (exact) mass is 304 g/mol. The number of thiazole rings is 1. The summed E-state index contributed by atoms with van der Waals surface area (Å²) in [5, 5.41) is 6.92. The zero-order valence-electron chi connectivity index (χ0n) is 13.3. The second-order valence-electron chi connectivity index (χ2n) is 5.30. The molecule has 0 amide bonds. The quantitative estimate of drug-likeness (QED) is 0.838. The highest BCUT2D eigenvalue weighted by Crippen LogP contribution is 2.25. The van der Waals surface area contributed by atoms with E-state index in [9.17, 15) is 0 Å². The van der Waals surface area contributed by atoms with E-state index in [0.717, 1.165) is 30.1 Å². The van der Waals surface area contributed by atoms with Crippen LogP contribution < -0.4 is 10.1 Å². The van der Waals surface area contributed by atoms with Gasteiger partial charge in [0.25, 0.3) is 0 Å². The maximum Gasteiger partial charge on any atom is 0.121 e. The average molecular weight is 304 g/mol. The van der Waals surface area contributed by atoms with E-state index < -0.39 is 0 Å². The molecular formula is C17H24N2OS. The van der Waals surface area contributed by atoms with Crippen molar-refractivity contribution < 1.29 is 4.74 Å². The van der Waals surface area contributed by atoms with Gasteiger partial charge in [-0.15, -0.1) is 11.3 Å². The fraction of sp³-hybridized carbons (Fsp3) is 0.471. The summed E-state index contributed by atoms with van der Waals surface area (Å²) < 4.78 is 5.35. The third-order valence-electron chi connectivity index (χ3n) is 3.54. The van der Waals surface area contributed by atoms with Gasteiger partial charge in [0.2, 0.25) is 0 Å². The van der Waals surface area contributed by atoms with Crippen molar-refractivity contribution >= 4 is 11.3 Å². The van der Waals surface area contributed by atoms with Crippen molar-refractivity contribution in [3.8, 4) is 5.75 Å². The third-order valence-corrected chi connectivity index (χ3v) is 4.36. The number of aromatic nitrogens is 1.